The van der Waals surface area contributed by atoms with Gasteiger partial charge in [0.2, 0.25) is 0 Å². The fourth-order valence-corrected chi connectivity index (χ4v) is 2.60. The van der Waals surface area contributed by atoms with Gasteiger partial charge in [0, 0.05) is 25.0 Å². The van der Waals surface area contributed by atoms with Crippen molar-refractivity contribution in [2.45, 2.75) is 19.4 Å². The summed E-state index contributed by atoms with van der Waals surface area (Å²) in [4.78, 5) is 18.5. The quantitative estimate of drug-likeness (QED) is 0.862. The lowest BCUT2D eigenvalue weighted by atomic mass is 10.0. The zero-order chi connectivity index (χ0) is 13.9. The Morgan fingerprint density at radius 2 is 2.00 bits per heavy atom. The van der Waals surface area contributed by atoms with Crippen LogP contribution in [0, 0.1) is 0 Å². The van der Waals surface area contributed by atoms with Crippen molar-refractivity contribution in [1.29, 1.82) is 0 Å². The first-order chi connectivity index (χ1) is 9.74. The Balaban J connectivity index is 1.86. The molecule has 2 aromatic rings. The smallest absolute Gasteiger partial charge is 0.272 e. The Morgan fingerprint density at radius 1 is 1.20 bits per heavy atom. The summed E-state index contributed by atoms with van der Waals surface area (Å²) >= 11 is 0. The van der Waals surface area contributed by atoms with Crippen molar-refractivity contribution in [1.82, 2.24) is 9.88 Å². The van der Waals surface area contributed by atoms with Crippen LogP contribution in [0.2, 0.25) is 0 Å². The third kappa shape index (κ3) is 2.50. The largest absolute Gasteiger partial charge is 0.399 e. The van der Waals surface area contributed by atoms with Crippen LogP contribution in [0.5, 0.6) is 0 Å². The molecule has 2 heterocycles. The van der Waals surface area contributed by atoms with Crippen molar-refractivity contribution >= 4 is 11.6 Å². The number of aryl methyl sites for hydroxylation is 1. The number of hydrogen-bond donors (Lipinski definition) is 1. The van der Waals surface area contributed by atoms with Crippen molar-refractivity contribution in [3.63, 3.8) is 0 Å². The molecule has 1 aromatic heterocycles. The minimum atomic E-state index is -0.0472. The number of nitrogen functional groups attached to an aromatic ring is 1. The Labute approximate surface area is 118 Å². The van der Waals surface area contributed by atoms with E-state index in [0.29, 0.717) is 17.9 Å². The van der Waals surface area contributed by atoms with E-state index in [1.165, 1.54) is 11.1 Å². The van der Waals surface area contributed by atoms with E-state index < -0.39 is 0 Å². The lowest BCUT2D eigenvalue weighted by Crippen LogP contribution is -2.31. The van der Waals surface area contributed by atoms with Crippen LogP contribution < -0.4 is 5.73 Å². The minimum absolute atomic E-state index is 0.0472. The third-order valence-electron chi connectivity index (χ3n) is 3.64. The average molecular weight is 267 g/mol. The lowest BCUT2D eigenvalue weighted by molar-refractivity contribution is 0.0740. The molecule has 0 unspecified atom stereocenters. The zero-order valence-corrected chi connectivity index (χ0v) is 11.2. The topological polar surface area (TPSA) is 59.2 Å². The number of rotatable bonds is 1. The van der Waals surface area contributed by atoms with Gasteiger partial charge in [-0.15, -0.1) is 0 Å². The van der Waals surface area contributed by atoms with Crippen molar-refractivity contribution in [2.75, 3.05) is 12.3 Å². The average Bonchev–Trinajstić information content (AvgIpc) is 2.68. The fraction of sp³-hybridized carbons (Fsp3) is 0.250. The number of fused-ring (bicyclic) bond motifs is 1. The number of amides is 1. The Kier molecular flexibility index (Phi) is 3.37. The number of carbonyl (C=O) groups excluding carboxylic acids is 1. The van der Waals surface area contributed by atoms with Crippen LogP contribution in [0.4, 0.5) is 5.69 Å². The van der Waals surface area contributed by atoms with Gasteiger partial charge in [-0.2, -0.15) is 0 Å². The van der Waals surface area contributed by atoms with Crippen LogP contribution in [-0.4, -0.2) is 22.3 Å². The molecule has 0 aliphatic carbocycles. The second-order valence-corrected chi connectivity index (χ2v) is 5.07. The molecule has 0 saturated carbocycles. The summed E-state index contributed by atoms with van der Waals surface area (Å²) < 4.78 is 0. The second-order valence-electron chi connectivity index (χ2n) is 5.07. The molecule has 102 valence electrons. The number of nitrogens with zero attached hydrogens (tertiary/aromatic N) is 2. The van der Waals surface area contributed by atoms with E-state index in [-0.39, 0.29) is 5.91 Å². The molecule has 1 aliphatic rings. The Bertz CT molecular complexity index is 639. The molecule has 2 N–H and O–H groups in total. The van der Waals surface area contributed by atoms with Crippen LogP contribution >= 0.6 is 0 Å². The molecule has 4 nitrogen and oxygen atoms in total. The van der Waals surface area contributed by atoms with E-state index in [1.54, 1.807) is 18.3 Å². The molecule has 0 radical (unpaired) electrons. The highest BCUT2D eigenvalue weighted by Gasteiger charge is 2.20. The number of hydrogen-bond acceptors (Lipinski definition) is 3. The normalized spacial score (nSPS) is 14.5. The summed E-state index contributed by atoms with van der Waals surface area (Å²) in [6.45, 7) is 1.40. The maximum absolute atomic E-state index is 12.5. The molecule has 1 amide bonds. The third-order valence-corrected chi connectivity index (χ3v) is 3.64. The predicted octanol–water partition coefficient (Wildman–Crippen LogP) is 2.25. The molecule has 3 rings (SSSR count). The van der Waals surface area contributed by atoms with Gasteiger partial charge in [-0.1, -0.05) is 24.3 Å². The molecule has 4 heteroatoms. The SMILES string of the molecule is Nc1ccnc(C(=O)N2CCCc3ccccc3C2)c1. The predicted molar refractivity (Wildman–Crippen MR) is 78.2 cm³/mol. The van der Waals surface area contributed by atoms with Crippen molar-refractivity contribution in [2.24, 2.45) is 0 Å². The number of benzene rings is 1. The van der Waals surface area contributed by atoms with Crippen LogP contribution in [0.1, 0.15) is 28.0 Å². The van der Waals surface area contributed by atoms with E-state index in [0.717, 1.165) is 19.4 Å². The number of carbonyl (C=O) groups is 1. The van der Waals surface area contributed by atoms with Crippen molar-refractivity contribution in [3.05, 3.63) is 59.4 Å². The highest BCUT2D eigenvalue weighted by molar-refractivity contribution is 5.93. The maximum Gasteiger partial charge on any atom is 0.272 e. The number of pyridine rings is 1. The van der Waals surface area contributed by atoms with Gasteiger partial charge in [0.1, 0.15) is 5.69 Å². The van der Waals surface area contributed by atoms with Gasteiger partial charge in [-0.25, -0.2) is 0 Å². The summed E-state index contributed by atoms with van der Waals surface area (Å²) in [6.07, 6.45) is 3.57. The van der Waals surface area contributed by atoms with Gasteiger partial charge in [0.15, 0.2) is 0 Å². The maximum atomic E-state index is 12.5. The van der Waals surface area contributed by atoms with Gasteiger partial charge in [0.25, 0.3) is 5.91 Å². The molecular weight excluding hydrogens is 250 g/mol. The van der Waals surface area contributed by atoms with Crippen LogP contribution in [0.3, 0.4) is 0 Å². The summed E-state index contributed by atoms with van der Waals surface area (Å²) in [5.41, 5.74) is 9.27. The summed E-state index contributed by atoms with van der Waals surface area (Å²) in [5, 5.41) is 0. The van der Waals surface area contributed by atoms with Crippen LogP contribution in [0.25, 0.3) is 0 Å². The Hall–Kier alpha value is -2.36. The molecule has 0 saturated heterocycles. The molecule has 1 aliphatic heterocycles. The highest BCUT2D eigenvalue weighted by Crippen LogP contribution is 2.20. The minimum Gasteiger partial charge on any atom is -0.399 e. The highest BCUT2D eigenvalue weighted by atomic mass is 16.2. The zero-order valence-electron chi connectivity index (χ0n) is 11.2. The molecule has 0 bridgehead atoms. The molecule has 1 aromatic carbocycles. The fourth-order valence-electron chi connectivity index (χ4n) is 2.60. The van der Waals surface area contributed by atoms with E-state index in [2.05, 4.69) is 23.2 Å². The number of nitrogens with two attached hydrogens (primary N) is 1. The monoisotopic (exact) mass is 267 g/mol. The van der Waals surface area contributed by atoms with E-state index in [9.17, 15) is 4.79 Å². The van der Waals surface area contributed by atoms with Crippen molar-refractivity contribution < 1.29 is 4.79 Å². The van der Waals surface area contributed by atoms with Crippen LogP contribution in [-0.2, 0) is 13.0 Å². The van der Waals surface area contributed by atoms with Gasteiger partial charge in [-0.3, -0.25) is 9.78 Å². The van der Waals surface area contributed by atoms with Crippen LogP contribution in [0.15, 0.2) is 42.6 Å². The molecule has 20 heavy (non-hydrogen) atoms. The lowest BCUT2D eigenvalue weighted by Gasteiger charge is -2.20. The first-order valence-corrected chi connectivity index (χ1v) is 6.81. The molecule has 0 spiro atoms. The Morgan fingerprint density at radius 3 is 2.80 bits per heavy atom. The summed E-state index contributed by atoms with van der Waals surface area (Å²) in [5.74, 6) is -0.0472. The van der Waals surface area contributed by atoms with Gasteiger partial charge in [0.05, 0.1) is 0 Å². The second kappa shape index (κ2) is 5.33. The van der Waals surface area contributed by atoms with Gasteiger partial charge in [-0.05, 0) is 36.1 Å². The first-order valence-electron chi connectivity index (χ1n) is 6.81. The molecule has 0 atom stereocenters. The van der Waals surface area contributed by atoms with Crippen molar-refractivity contribution in [3.8, 4) is 0 Å². The van der Waals surface area contributed by atoms with E-state index in [1.807, 2.05) is 11.0 Å². The number of aromatic nitrogens is 1. The molecule has 0 fully saturated rings. The van der Waals surface area contributed by atoms with E-state index >= 15 is 0 Å². The molecular formula is C16H17N3O. The van der Waals surface area contributed by atoms with Gasteiger partial charge >= 0.3 is 0 Å². The number of anilines is 1. The first kappa shape index (κ1) is 12.7. The standard InChI is InChI=1S/C16H17N3O/c17-14-7-8-18-15(10-14)16(20)19-9-3-6-12-4-1-2-5-13(12)11-19/h1-2,4-5,7-8,10H,3,6,9,11H2,(H2,17,18). The summed E-state index contributed by atoms with van der Waals surface area (Å²) in [6, 6.07) is 11.6. The van der Waals surface area contributed by atoms with E-state index in [4.69, 9.17) is 5.73 Å². The van der Waals surface area contributed by atoms with Gasteiger partial charge < -0.3 is 10.6 Å². The summed E-state index contributed by atoms with van der Waals surface area (Å²) in [7, 11) is 0.